The van der Waals surface area contributed by atoms with Gasteiger partial charge in [-0.15, -0.1) is 0 Å². The molecular formula is C11H14N4O3S. The van der Waals surface area contributed by atoms with Crippen LogP contribution >= 0.6 is 11.7 Å². The molecule has 0 spiro atoms. The van der Waals surface area contributed by atoms with Crippen molar-refractivity contribution in [3.63, 3.8) is 0 Å². The summed E-state index contributed by atoms with van der Waals surface area (Å²) >= 11 is 1.01. The van der Waals surface area contributed by atoms with E-state index in [0.29, 0.717) is 17.6 Å². The average Bonchev–Trinajstić information content (AvgIpc) is 2.82. The van der Waals surface area contributed by atoms with E-state index in [9.17, 15) is 15.0 Å². The summed E-state index contributed by atoms with van der Waals surface area (Å²) in [6.45, 7) is 1.90. The maximum atomic E-state index is 10.7. The van der Waals surface area contributed by atoms with Crippen LogP contribution in [0.3, 0.4) is 0 Å². The second kappa shape index (κ2) is 5.57. The highest BCUT2D eigenvalue weighted by atomic mass is 32.1. The van der Waals surface area contributed by atoms with Crippen molar-refractivity contribution in [2.75, 3.05) is 13.1 Å². The van der Waals surface area contributed by atoms with Gasteiger partial charge in [0.15, 0.2) is 0 Å². The van der Waals surface area contributed by atoms with Crippen molar-refractivity contribution in [2.24, 2.45) is 0 Å². The van der Waals surface area contributed by atoms with Crippen LogP contribution in [0.15, 0.2) is 18.2 Å². The van der Waals surface area contributed by atoms with Gasteiger partial charge in [0.05, 0.1) is 17.3 Å². The van der Waals surface area contributed by atoms with Crippen molar-refractivity contribution in [1.82, 2.24) is 19.4 Å². The molecule has 0 atom stereocenters. The van der Waals surface area contributed by atoms with Crippen LogP contribution in [0.4, 0.5) is 0 Å². The van der Waals surface area contributed by atoms with Gasteiger partial charge in [-0.2, -0.15) is 8.75 Å². The summed E-state index contributed by atoms with van der Waals surface area (Å²) in [6, 6.07) is 4.99. The van der Waals surface area contributed by atoms with Crippen LogP contribution < -0.4 is 10.6 Å². The molecule has 0 unspecified atom stereocenters. The highest BCUT2D eigenvalue weighted by Crippen LogP contribution is 2.23. The number of benzene rings is 1. The lowest BCUT2D eigenvalue weighted by atomic mass is 10.1. The standard InChI is InChI=1S/C11H14N4O3S/c1-7(16)12-5-6-13-11(17,18)8-3-2-4-9-10(8)15-19-14-9/h2-4,13,17-18H,5-6H2,1H3,(H,12,16). The summed E-state index contributed by atoms with van der Waals surface area (Å²) in [5.74, 6) is -2.39. The monoisotopic (exact) mass is 282 g/mol. The molecule has 2 rings (SSSR count). The van der Waals surface area contributed by atoms with Crippen LogP contribution in [-0.4, -0.2) is 38.0 Å². The molecular weight excluding hydrogens is 268 g/mol. The fourth-order valence-electron chi connectivity index (χ4n) is 1.66. The zero-order valence-electron chi connectivity index (χ0n) is 10.3. The Morgan fingerprint density at radius 1 is 1.37 bits per heavy atom. The summed E-state index contributed by atoms with van der Waals surface area (Å²) in [5, 5.41) is 25.2. The highest BCUT2D eigenvalue weighted by Gasteiger charge is 2.28. The third-order valence-corrected chi connectivity index (χ3v) is 3.07. The molecule has 0 fully saturated rings. The first kappa shape index (κ1) is 13.8. The number of nitrogens with one attached hydrogen (secondary N) is 2. The molecule has 0 aliphatic rings. The van der Waals surface area contributed by atoms with Crippen molar-refractivity contribution in [3.05, 3.63) is 23.8 Å². The molecule has 2 aromatic rings. The van der Waals surface area contributed by atoms with Crippen molar-refractivity contribution in [3.8, 4) is 0 Å². The number of amides is 1. The Labute approximate surface area is 113 Å². The van der Waals surface area contributed by atoms with Crippen molar-refractivity contribution in [1.29, 1.82) is 0 Å². The Hall–Kier alpha value is -1.61. The summed E-state index contributed by atoms with van der Waals surface area (Å²) in [5.41, 5.74) is 1.30. The highest BCUT2D eigenvalue weighted by molar-refractivity contribution is 7.00. The molecule has 1 heterocycles. The third kappa shape index (κ3) is 3.24. The van der Waals surface area contributed by atoms with Crippen LogP contribution in [0.1, 0.15) is 12.5 Å². The summed E-state index contributed by atoms with van der Waals surface area (Å²) < 4.78 is 8.08. The largest absolute Gasteiger partial charge is 0.355 e. The Kier molecular flexibility index (Phi) is 4.05. The number of hydrogen-bond donors (Lipinski definition) is 4. The molecule has 0 saturated carbocycles. The van der Waals surface area contributed by atoms with Gasteiger partial charge in [-0.25, -0.2) is 0 Å². The summed E-state index contributed by atoms with van der Waals surface area (Å²) in [4.78, 5) is 10.7. The van der Waals surface area contributed by atoms with Crippen LogP contribution in [0.5, 0.6) is 0 Å². The van der Waals surface area contributed by atoms with E-state index in [1.165, 1.54) is 6.92 Å². The molecule has 102 valence electrons. The van der Waals surface area contributed by atoms with Crippen molar-refractivity contribution < 1.29 is 15.0 Å². The number of nitrogens with zero attached hydrogens (tertiary/aromatic N) is 2. The van der Waals surface area contributed by atoms with E-state index < -0.39 is 5.91 Å². The molecule has 0 saturated heterocycles. The van der Waals surface area contributed by atoms with Gasteiger partial charge in [0, 0.05) is 20.0 Å². The lowest BCUT2D eigenvalue weighted by molar-refractivity contribution is -0.193. The first-order valence-electron chi connectivity index (χ1n) is 5.66. The summed E-state index contributed by atoms with van der Waals surface area (Å²) in [6.07, 6.45) is 0. The topological polar surface area (TPSA) is 107 Å². The summed E-state index contributed by atoms with van der Waals surface area (Å²) in [7, 11) is 0. The number of aromatic nitrogens is 2. The number of rotatable bonds is 5. The molecule has 1 aromatic carbocycles. The number of aliphatic hydroxyl groups is 2. The SMILES string of the molecule is CC(=O)NCCNC(O)(O)c1cccc2nsnc12. The minimum atomic E-state index is -2.21. The maximum absolute atomic E-state index is 10.7. The van der Waals surface area contributed by atoms with Crippen molar-refractivity contribution >= 4 is 28.7 Å². The van der Waals surface area contributed by atoms with E-state index in [4.69, 9.17) is 0 Å². The predicted molar refractivity (Wildman–Crippen MR) is 70.2 cm³/mol. The Bertz CT molecular complexity index is 584. The quantitative estimate of drug-likeness (QED) is 0.435. The van der Waals surface area contributed by atoms with E-state index in [-0.39, 0.29) is 18.0 Å². The molecule has 0 aliphatic carbocycles. The molecule has 4 N–H and O–H groups in total. The second-order valence-corrected chi connectivity index (χ2v) is 4.55. The van der Waals surface area contributed by atoms with Crippen LogP contribution in [0.2, 0.25) is 0 Å². The van der Waals surface area contributed by atoms with Gasteiger partial charge >= 0.3 is 0 Å². The van der Waals surface area contributed by atoms with Gasteiger partial charge in [-0.1, -0.05) is 6.07 Å². The second-order valence-electron chi connectivity index (χ2n) is 4.02. The molecule has 1 aromatic heterocycles. The first-order chi connectivity index (χ1) is 9.00. The van der Waals surface area contributed by atoms with E-state index in [2.05, 4.69) is 19.4 Å². The predicted octanol–water partition coefficient (Wildman–Crippen LogP) is -0.488. The van der Waals surface area contributed by atoms with E-state index >= 15 is 0 Å². The molecule has 8 heteroatoms. The fraction of sp³-hybridized carbons (Fsp3) is 0.364. The Morgan fingerprint density at radius 2 is 2.16 bits per heavy atom. The Morgan fingerprint density at radius 3 is 2.89 bits per heavy atom. The van der Waals surface area contributed by atoms with Crippen LogP contribution in [0, 0.1) is 0 Å². The van der Waals surface area contributed by atoms with Gasteiger partial charge in [-0.3, -0.25) is 10.1 Å². The minimum Gasteiger partial charge on any atom is -0.355 e. The van der Waals surface area contributed by atoms with Gasteiger partial charge in [0.1, 0.15) is 11.0 Å². The number of fused-ring (bicyclic) bond motifs is 1. The lowest BCUT2D eigenvalue weighted by Gasteiger charge is -2.23. The maximum Gasteiger partial charge on any atom is 0.253 e. The molecule has 0 radical (unpaired) electrons. The Balaban J connectivity index is 2.10. The zero-order chi connectivity index (χ0) is 13.9. The van der Waals surface area contributed by atoms with Gasteiger partial charge in [-0.05, 0) is 12.1 Å². The van der Waals surface area contributed by atoms with E-state index in [1.54, 1.807) is 18.2 Å². The fourth-order valence-corrected chi connectivity index (χ4v) is 2.21. The smallest absolute Gasteiger partial charge is 0.253 e. The number of carbonyl (C=O) groups excluding carboxylic acids is 1. The average molecular weight is 282 g/mol. The van der Waals surface area contributed by atoms with E-state index in [1.807, 2.05) is 0 Å². The number of hydrogen-bond acceptors (Lipinski definition) is 7. The third-order valence-electron chi connectivity index (χ3n) is 2.53. The minimum absolute atomic E-state index is 0.172. The number of carbonyl (C=O) groups is 1. The lowest BCUT2D eigenvalue weighted by Crippen LogP contribution is -2.45. The van der Waals surface area contributed by atoms with E-state index in [0.717, 1.165) is 11.7 Å². The first-order valence-corrected chi connectivity index (χ1v) is 6.40. The van der Waals surface area contributed by atoms with Gasteiger partial charge in [0.25, 0.3) is 5.91 Å². The van der Waals surface area contributed by atoms with Gasteiger partial charge in [0.2, 0.25) is 5.91 Å². The van der Waals surface area contributed by atoms with Crippen molar-refractivity contribution in [2.45, 2.75) is 12.8 Å². The van der Waals surface area contributed by atoms with Crippen LogP contribution in [-0.2, 0) is 10.7 Å². The van der Waals surface area contributed by atoms with Crippen LogP contribution in [0.25, 0.3) is 11.0 Å². The molecule has 0 aliphatic heterocycles. The van der Waals surface area contributed by atoms with Gasteiger partial charge < -0.3 is 15.5 Å². The molecule has 0 bridgehead atoms. The zero-order valence-corrected chi connectivity index (χ0v) is 11.1. The normalized spacial score (nSPS) is 11.7. The molecule has 19 heavy (non-hydrogen) atoms. The molecule has 7 nitrogen and oxygen atoms in total. The molecule has 1 amide bonds.